The minimum absolute atomic E-state index is 0.00105. The number of hydrogen-bond acceptors (Lipinski definition) is 5. The maximum Gasteiger partial charge on any atom is 0.305 e. The summed E-state index contributed by atoms with van der Waals surface area (Å²) in [6.07, 6.45) is 93.5. The summed E-state index contributed by atoms with van der Waals surface area (Å²) in [4.78, 5) is 24.6. The van der Waals surface area contributed by atoms with Gasteiger partial charge in [-0.1, -0.05) is 359 Å². The van der Waals surface area contributed by atoms with E-state index in [0.717, 1.165) is 51.4 Å². The van der Waals surface area contributed by atoms with Crippen LogP contribution in [-0.2, 0) is 14.3 Å². The Balaban J connectivity index is 3.40. The molecule has 6 heteroatoms. The van der Waals surface area contributed by atoms with Crippen LogP contribution in [0, 0.1) is 0 Å². The SMILES string of the molecule is CCCCC/C=C\C/C=C\CCCCCCCC(=O)OCCCCCCCCCCCCCC/C=C\CCCCCCCCCCCCC(=O)NC(CO)C(O)CCCCCCCCCCCCCCCCCCCCCCCCCCC. The first-order valence-corrected chi connectivity index (χ1v) is 37.7. The van der Waals surface area contributed by atoms with Crippen LogP contribution in [0.3, 0.4) is 0 Å². The lowest BCUT2D eigenvalue weighted by Gasteiger charge is -2.22. The van der Waals surface area contributed by atoms with E-state index in [9.17, 15) is 19.8 Å². The van der Waals surface area contributed by atoms with Crippen LogP contribution >= 0.6 is 0 Å². The van der Waals surface area contributed by atoms with Crippen LogP contribution in [0.15, 0.2) is 36.5 Å². The third-order valence-corrected chi connectivity index (χ3v) is 17.7. The van der Waals surface area contributed by atoms with E-state index < -0.39 is 12.1 Å². The van der Waals surface area contributed by atoms with Gasteiger partial charge in [0.15, 0.2) is 0 Å². The van der Waals surface area contributed by atoms with Gasteiger partial charge in [-0.2, -0.15) is 0 Å². The first-order chi connectivity index (χ1) is 41.0. The maximum absolute atomic E-state index is 12.6. The molecule has 490 valence electrons. The molecule has 0 fully saturated rings. The number of hydrogen-bond donors (Lipinski definition) is 3. The Bertz CT molecular complexity index is 1340. The highest BCUT2D eigenvalue weighted by Gasteiger charge is 2.20. The van der Waals surface area contributed by atoms with Gasteiger partial charge in [-0.05, 0) is 83.5 Å². The second kappa shape index (κ2) is 72.6. The summed E-state index contributed by atoms with van der Waals surface area (Å²) >= 11 is 0. The Morgan fingerprint density at radius 2 is 0.602 bits per heavy atom. The zero-order chi connectivity index (χ0) is 59.9. The van der Waals surface area contributed by atoms with Crippen LogP contribution in [0.2, 0.25) is 0 Å². The van der Waals surface area contributed by atoms with Crippen molar-refractivity contribution < 1.29 is 24.5 Å². The summed E-state index contributed by atoms with van der Waals surface area (Å²) in [6.45, 7) is 4.96. The van der Waals surface area contributed by atoms with Crippen molar-refractivity contribution in [3.05, 3.63) is 36.5 Å². The molecule has 0 aliphatic heterocycles. The van der Waals surface area contributed by atoms with Gasteiger partial charge in [0, 0.05) is 12.8 Å². The average molecular weight is 1170 g/mol. The first kappa shape index (κ1) is 81.1. The molecule has 0 aromatic carbocycles. The molecule has 2 unspecified atom stereocenters. The molecular weight excluding hydrogens is 1020 g/mol. The Kier molecular flexibility index (Phi) is 70.9. The van der Waals surface area contributed by atoms with Crippen LogP contribution in [0.25, 0.3) is 0 Å². The van der Waals surface area contributed by atoms with Gasteiger partial charge in [-0.25, -0.2) is 0 Å². The Labute approximate surface area is 519 Å². The summed E-state index contributed by atoms with van der Waals surface area (Å²) in [7, 11) is 0. The van der Waals surface area contributed by atoms with Crippen LogP contribution in [0.1, 0.15) is 418 Å². The zero-order valence-corrected chi connectivity index (χ0v) is 56.2. The Morgan fingerprint density at radius 1 is 0.337 bits per heavy atom. The van der Waals surface area contributed by atoms with Gasteiger partial charge >= 0.3 is 5.97 Å². The number of rotatable bonds is 71. The van der Waals surface area contributed by atoms with Crippen LogP contribution < -0.4 is 5.32 Å². The molecule has 6 nitrogen and oxygen atoms in total. The second-order valence-corrected chi connectivity index (χ2v) is 26.0. The number of allylic oxidation sites excluding steroid dienone is 6. The normalized spacial score (nSPS) is 12.7. The molecule has 3 N–H and O–H groups in total. The standard InChI is InChI=1S/C77H147NO5/c1-3-5-7-9-11-13-15-17-19-20-21-22-23-26-29-32-35-38-42-45-49-53-57-61-65-69-75(80)74(73-79)78-76(81)70-66-62-58-54-50-46-43-39-36-33-30-27-24-25-28-31-34-37-40-44-48-52-56-60-64-68-72-83-77(82)71-67-63-59-55-51-47-41-18-16-14-12-10-8-6-4-2/h12,14,18,24,27,41,74-75,79-80H,3-11,13,15-17,19-23,25-26,28-40,42-73H2,1-2H3,(H,78,81)/b14-12-,27-24-,41-18-. The number of aliphatic hydroxyl groups excluding tert-OH is 2. The summed E-state index contributed by atoms with van der Waals surface area (Å²) in [5.41, 5.74) is 0. The third-order valence-electron chi connectivity index (χ3n) is 17.7. The van der Waals surface area contributed by atoms with Gasteiger partial charge in [0.25, 0.3) is 0 Å². The molecule has 0 saturated carbocycles. The smallest absolute Gasteiger partial charge is 0.305 e. The summed E-state index contributed by atoms with van der Waals surface area (Å²) in [6, 6.07) is -0.545. The van der Waals surface area contributed by atoms with E-state index >= 15 is 0 Å². The molecule has 0 aromatic rings. The Hall–Kier alpha value is -1.92. The van der Waals surface area contributed by atoms with E-state index in [4.69, 9.17) is 4.74 Å². The van der Waals surface area contributed by atoms with E-state index in [1.54, 1.807) is 0 Å². The number of carbonyl (C=O) groups is 2. The second-order valence-electron chi connectivity index (χ2n) is 26.0. The molecule has 0 aliphatic carbocycles. The lowest BCUT2D eigenvalue weighted by Crippen LogP contribution is -2.45. The largest absolute Gasteiger partial charge is 0.466 e. The van der Waals surface area contributed by atoms with Crippen LogP contribution in [-0.4, -0.2) is 47.4 Å². The van der Waals surface area contributed by atoms with Gasteiger partial charge in [0.2, 0.25) is 5.91 Å². The number of carbonyl (C=O) groups excluding carboxylic acids is 2. The highest BCUT2D eigenvalue weighted by molar-refractivity contribution is 5.76. The van der Waals surface area contributed by atoms with Crippen molar-refractivity contribution in [3.8, 4) is 0 Å². The number of aliphatic hydroxyl groups is 2. The number of amides is 1. The molecule has 0 aliphatic rings. The van der Waals surface area contributed by atoms with E-state index in [0.29, 0.717) is 25.9 Å². The quantitative estimate of drug-likeness (QED) is 0.0320. The van der Waals surface area contributed by atoms with Gasteiger partial charge < -0.3 is 20.3 Å². The van der Waals surface area contributed by atoms with Crippen LogP contribution in [0.4, 0.5) is 0 Å². The van der Waals surface area contributed by atoms with E-state index in [-0.39, 0.29) is 18.5 Å². The lowest BCUT2D eigenvalue weighted by atomic mass is 10.0. The monoisotopic (exact) mass is 1170 g/mol. The molecule has 0 saturated heterocycles. The Morgan fingerprint density at radius 3 is 0.952 bits per heavy atom. The molecular formula is C77H147NO5. The van der Waals surface area contributed by atoms with Crippen molar-refractivity contribution >= 4 is 11.9 Å². The molecule has 1 amide bonds. The number of ether oxygens (including phenoxy) is 1. The number of esters is 1. The van der Waals surface area contributed by atoms with Gasteiger partial charge in [0.1, 0.15) is 0 Å². The predicted molar refractivity (Wildman–Crippen MR) is 366 cm³/mol. The van der Waals surface area contributed by atoms with Gasteiger partial charge in [-0.3, -0.25) is 9.59 Å². The van der Waals surface area contributed by atoms with Crippen molar-refractivity contribution in [3.63, 3.8) is 0 Å². The van der Waals surface area contributed by atoms with Gasteiger partial charge in [0.05, 0.1) is 25.4 Å². The number of nitrogens with one attached hydrogen (secondary N) is 1. The maximum atomic E-state index is 12.6. The van der Waals surface area contributed by atoms with Crippen molar-refractivity contribution in [1.82, 2.24) is 5.32 Å². The average Bonchev–Trinajstić information content (AvgIpc) is 3.49. The summed E-state index contributed by atoms with van der Waals surface area (Å²) < 4.78 is 5.49. The topological polar surface area (TPSA) is 95.9 Å². The highest BCUT2D eigenvalue weighted by atomic mass is 16.5. The molecule has 0 heterocycles. The zero-order valence-electron chi connectivity index (χ0n) is 56.2. The molecule has 0 radical (unpaired) electrons. The van der Waals surface area contributed by atoms with E-state index in [2.05, 4.69) is 55.6 Å². The minimum Gasteiger partial charge on any atom is -0.466 e. The highest BCUT2D eigenvalue weighted by Crippen LogP contribution is 2.19. The number of unbranched alkanes of at least 4 members (excludes halogenated alkanes) is 54. The fraction of sp³-hybridized carbons (Fsp3) is 0.896. The molecule has 83 heavy (non-hydrogen) atoms. The van der Waals surface area contributed by atoms with Crippen molar-refractivity contribution in [2.45, 2.75) is 431 Å². The first-order valence-electron chi connectivity index (χ1n) is 37.7. The fourth-order valence-electron chi connectivity index (χ4n) is 11.9. The van der Waals surface area contributed by atoms with Crippen molar-refractivity contribution in [2.24, 2.45) is 0 Å². The molecule has 0 spiro atoms. The van der Waals surface area contributed by atoms with Crippen molar-refractivity contribution in [1.29, 1.82) is 0 Å². The fourth-order valence-corrected chi connectivity index (χ4v) is 11.9. The van der Waals surface area contributed by atoms with E-state index in [1.807, 2.05) is 0 Å². The lowest BCUT2D eigenvalue weighted by molar-refractivity contribution is -0.143. The van der Waals surface area contributed by atoms with Crippen molar-refractivity contribution in [2.75, 3.05) is 13.2 Å². The predicted octanol–water partition coefficient (Wildman–Crippen LogP) is 24.7. The van der Waals surface area contributed by atoms with E-state index in [1.165, 1.54) is 334 Å². The summed E-state index contributed by atoms with van der Waals surface area (Å²) in [5, 5.41) is 23.5. The van der Waals surface area contributed by atoms with Gasteiger partial charge in [-0.15, -0.1) is 0 Å². The molecule has 2 atom stereocenters. The minimum atomic E-state index is -0.668. The molecule has 0 bridgehead atoms. The van der Waals surface area contributed by atoms with Crippen LogP contribution in [0.5, 0.6) is 0 Å². The molecule has 0 aromatic heterocycles. The molecule has 0 rings (SSSR count). The summed E-state index contributed by atoms with van der Waals surface area (Å²) in [5.74, 6) is -0.0310. The third kappa shape index (κ3) is 69.1.